The highest BCUT2D eigenvalue weighted by Gasteiger charge is 2.59. The Morgan fingerprint density at radius 1 is 0.960 bits per heavy atom. The Morgan fingerprint density at radius 3 is 2.44 bits per heavy atom. The van der Waals surface area contributed by atoms with Crippen LogP contribution in [0.3, 0.4) is 0 Å². The number of aldehydes is 1. The number of phenols is 2. The fourth-order valence-corrected chi connectivity index (χ4v) is 12.4. The molecule has 0 radical (unpaired) electrons. The van der Waals surface area contributed by atoms with Crippen LogP contribution in [0.2, 0.25) is 0 Å². The summed E-state index contributed by atoms with van der Waals surface area (Å²) in [4.78, 5) is 25.2. The lowest BCUT2D eigenvalue weighted by Gasteiger charge is -2.58. The topological polar surface area (TPSA) is 83.8 Å². The van der Waals surface area contributed by atoms with Gasteiger partial charge in [-0.3, -0.25) is 4.79 Å². The van der Waals surface area contributed by atoms with Crippen molar-refractivity contribution in [2.75, 3.05) is 0 Å². The highest BCUT2D eigenvalue weighted by atomic mass is 16.5. The summed E-state index contributed by atoms with van der Waals surface area (Å²) in [5, 5.41) is 20.8. The van der Waals surface area contributed by atoms with Gasteiger partial charge in [0.1, 0.15) is 6.10 Å². The van der Waals surface area contributed by atoms with Crippen LogP contribution in [0.4, 0.5) is 0 Å². The average Bonchev–Trinajstić information content (AvgIpc) is 3.69. The molecule has 0 saturated heterocycles. The number of ether oxygens (including phenoxy) is 1. The summed E-state index contributed by atoms with van der Waals surface area (Å²) in [5.74, 6) is 4.07. The van der Waals surface area contributed by atoms with Gasteiger partial charge in [-0.25, -0.2) is 4.79 Å². The van der Waals surface area contributed by atoms with Gasteiger partial charge >= 0.3 is 5.97 Å². The van der Waals surface area contributed by atoms with Crippen molar-refractivity contribution in [1.29, 1.82) is 0 Å². The number of allylic oxidation sites excluding steroid dienone is 1. The zero-order valence-electron chi connectivity index (χ0n) is 31.4. The average molecular weight is 681 g/mol. The van der Waals surface area contributed by atoms with E-state index in [2.05, 4.69) is 40.7 Å². The van der Waals surface area contributed by atoms with E-state index in [0.29, 0.717) is 29.2 Å². The molecule has 5 aliphatic rings. The van der Waals surface area contributed by atoms with Crippen molar-refractivity contribution in [3.05, 3.63) is 69.3 Å². The largest absolute Gasteiger partial charge is 0.504 e. The number of benzene rings is 2. The van der Waals surface area contributed by atoms with Gasteiger partial charge in [-0.05, 0) is 145 Å². The van der Waals surface area contributed by atoms with Crippen LogP contribution in [0.5, 0.6) is 11.5 Å². The molecule has 2 N–H and O–H groups in total. The van der Waals surface area contributed by atoms with Crippen molar-refractivity contribution >= 4 is 12.3 Å². The van der Waals surface area contributed by atoms with Crippen molar-refractivity contribution < 1.29 is 24.5 Å². The van der Waals surface area contributed by atoms with Crippen molar-refractivity contribution in [2.45, 2.75) is 137 Å². The van der Waals surface area contributed by atoms with E-state index in [9.17, 15) is 19.8 Å². The molecule has 7 rings (SSSR count). The van der Waals surface area contributed by atoms with Crippen LogP contribution in [0, 0.1) is 53.3 Å². The molecule has 9 atom stereocenters. The predicted molar refractivity (Wildman–Crippen MR) is 199 cm³/mol. The number of hydrogen-bond donors (Lipinski definition) is 2. The van der Waals surface area contributed by atoms with Crippen LogP contribution < -0.4 is 0 Å². The smallest absolute Gasteiger partial charge is 0.338 e. The number of esters is 1. The van der Waals surface area contributed by atoms with Gasteiger partial charge in [-0.2, -0.15) is 0 Å². The Hall–Kier alpha value is -3.08. The monoisotopic (exact) mass is 680 g/mol. The second-order valence-electron chi connectivity index (χ2n) is 18.0. The van der Waals surface area contributed by atoms with Crippen molar-refractivity contribution in [3.8, 4) is 11.5 Å². The maximum Gasteiger partial charge on any atom is 0.338 e. The summed E-state index contributed by atoms with van der Waals surface area (Å²) in [5.41, 5.74) is 6.35. The number of phenolic OH excluding ortho intramolecular Hbond substituents is 2. The molecule has 0 amide bonds. The normalized spacial score (nSPS) is 33.5. The van der Waals surface area contributed by atoms with Crippen LogP contribution in [0.15, 0.2) is 35.9 Å². The van der Waals surface area contributed by atoms with E-state index in [0.717, 1.165) is 77.9 Å². The third-order valence-corrected chi connectivity index (χ3v) is 15.1. The molecule has 5 aliphatic carbocycles. The van der Waals surface area contributed by atoms with Crippen LogP contribution in [-0.4, -0.2) is 28.6 Å². The van der Waals surface area contributed by atoms with Gasteiger partial charge in [-0.15, -0.1) is 0 Å². The second-order valence-corrected chi connectivity index (χ2v) is 18.0. The Bertz CT molecular complexity index is 1650. The first kappa shape index (κ1) is 35.3. The SMILES string of the molecule is Cc1c(O)c(O)c(C=O)c2c1[C@@H](c1ccc(C(=O)O[C@H]3CC[C@@]4(C)C(=CC[C@@H]5C4CC[C@]4(C)[C@@H]([C@H](C)CCCC(C)C)CC[C@@H]54)C3)cc1)CC2. The molecule has 2 aromatic carbocycles. The Morgan fingerprint density at radius 2 is 1.72 bits per heavy atom. The van der Waals surface area contributed by atoms with Crippen molar-refractivity contribution in [1.82, 2.24) is 0 Å². The molecule has 0 aliphatic heterocycles. The minimum atomic E-state index is -0.330. The summed E-state index contributed by atoms with van der Waals surface area (Å²) in [6.07, 6.45) is 18.3. The van der Waals surface area contributed by atoms with E-state index in [1.165, 1.54) is 56.9 Å². The molecule has 3 fully saturated rings. The number of fused-ring (bicyclic) bond motifs is 6. The van der Waals surface area contributed by atoms with Gasteiger partial charge in [0.2, 0.25) is 0 Å². The predicted octanol–water partition coefficient (Wildman–Crippen LogP) is 10.9. The first-order valence-corrected chi connectivity index (χ1v) is 19.9. The maximum absolute atomic E-state index is 13.4. The summed E-state index contributed by atoms with van der Waals surface area (Å²) < 4.78 is 6.20. The lowest BCUT2D eigenvalue weighted by Crippen LogP contribution is -2.51. The Kier molecular flexibility index (Phi) is 9.52. The fraction of sp³-hybridized carbons (Fsp3) is 0.644. The van der Waals surface area contributed by atoms with Crippen LogP contribution >= 0.6 is 0 Å². The number of carbonyl (C=O) groups is 2. The molecule has 0 aromatic heterocycles. The quantitative estimate of drug-likeness (QED) is 0.119. The van der Waals surface area contributed by atoms with Gasteiger partial charge in [0, 0.05) is 12.3 Å². The van der Waals surface area contributed by atoms with Gasteiger partial charge in [0.05, 0.1) is 11.1 Å². The van der Waals surface area contributed by atoms with E-state index in [4.69, 9.17) is 4.74 Å². The molecule has 0 bridgehead atoms. The number of carbonyl (C=O) groups excluding carboxylic acids is 2. The Labute approximate surface area is 300 Å². The molecule has 0 heterocycles. The minimum absolute atomic E-state index is 0.00996. The maximum atomic E-state index is 13.4. The van der Waals surface area contributed by atoms with Gasteiger partial charge in [0.15, 0.2) is 17.8 Å². The fourth-order valence-electron chi connectivity index (χ4n) is 12.4. The number of aromatic hydroxyl groups is 2. The van der Waals surface area contributed by atoms with Crippen LogP contribution in [-0.2, 0) is 11.2 Å². The zero-order chi connectivity index (χ0) is 35.5. The van der Waals surface area contributed by atoms with E-state index < -0.39 is 0 Å². The van der Waals surface area contributed by atoms with Crippen LogP contribution in [0.25, 0.3) is 0 Å². The molecule has 5 nitrogen and oxygen atoms in total. The first-order chi connectivity index (χ1) is 23.9. The van der Waals surface area contributed by atoms with Gasteiger partial charge in [0.25, 0.3) is 0 Å². The molecular weight excluding hydrogens is 620 g/mol. The molecule has 0 spiro atoms. The summed E-state index contributed by atoms with van der Waals surface area (Å²) in [7, 11) is 0. The summed E-state index contributed by atoms with van der Waals surface area (Å²) >= 11 is 0. The molecule has 1 unspecified atom stereocenters. The van der Waals surface area contributed by atoms with Crippen molar-refractivity contribution in [3.63, 3.8) is 0 Å². The lowest BCUT2D eigenvalue weighted by molar-refractivity contribution is -0.0594. The lowest BCUT2D eigenvalue weighted by atomic mass is 9.47. The standard InChI is InChI=1S/C45H60O5/c1-26(2)8-7-9-27(3)37-18-19-38-35-15-14-31-24-32(20-22-44(31,5)39(35)21-23-45(37,38)6)50-43(49)30-12-10-29(11-13-30)33-16-17-34-36(25-46)42(48)41(47)28(4)40(33)34/h10-14,25-27,32-33,35,37-39,47-48H,7-9,15-24H2,1-6H3/t27-,32+,33-,35+,37-,38+,39?,44+,45-/m1/s1. The van der Waals surface area contributed by atoms with E-state index in [1.54, 1.807) is 6.92 Å². The third kappa shape index (κ3) is 5.83. The van der Waals surface area contributed by atoms with Gasteiger partial charge < -0.3 is 14.9 Å². The summed E-state index contributed by atoms with van der Waals surface area (Å²) in [6.45, 7) is 14.3. The molecule has 3 saturated carbocycles. The molecule has 5 heteroatoms. The molecule has 270 valence electrons. The van der Waals surface area contributed by atoms with E-state index in [1.807, 2.05) is 24.3 Å². The highest BCUT2D eigenvalue weighted by molar-refractivity contribution is 5.89. The van der Waals surface area contributed by atoms with E-state index >= 15 is 0 Å². The molecule has 50 heavy (non-hydrogen) atoms. The number of rotatable bonds is 9. The molecule has 2 aromatic rings. The minimum Gasteiger partial charge on any atom is -0.504 e. The highest BCUT2D eigenvalue weighted by Crippen LogP contribution is 2.67. The second kappa shape index (κ2) is 13.5. The van der Waals surface area contributed by atoms with Crippen molar-refractivity contribution in [2.24, 2.45) is 46.3 Å². The molecular formula is C45H60O5. The summed E-state index contributed by atoms with van der Waals surface area (Å²) in [6, 6.07) is 7.64. The first-order valence-electron chi connectivity index (χ1n) is 19.9. The third-order valence-electron chi connectivity index (χ3n) is 15.1. The Balaban J connectivity index is 0.994. The van der Waals surface area contributed by atoms with Crippen LogP contribution in [0.1, 0.15) is 161 Å². The van der Waals surface area contributed by atoms with E-state index in [-0.39, 0.29) is 40.5 Å². The van der Waals surface area contributed by atoms with Gasteiger partial charge in [-0.1, -0.05) is 77.7 Å². The number of hydrogen-bond acceptors (Lipinski definition) is 5. The zero-order valence-corrected chi connectivity index (χ0v) is 31.4.